The summed E-state index contributed by atoms with van der Waals surface area (Å²) in [4.78, 5) is 11.9. The number of nitrogens with zero attached hydrogens (tertiary/aromatic N) is 1. The molecule has 9 heteroatoms. The molecule has 1 amide bonds. The van der Waals surface area contributed by atoms with Crippen molar-refractivity contribution < 1.29 is 26.7 Å². The molecule has 2 aromatic rings. The van der Waals surface area contributed by atoms with Crippen LogP contribution < -0.4 is 5.73 Å². The fraction of sp³-hybridized carbons (Fsp3) is 0.458. The molecule has 4 rings (SSSR count). The van der Waals surface area contributed by atoms with Gasteiger partial charge in [-0.2, -0.15) is 4.31 Å². The van der Waals surface area contributed by atoms with Gasteiger partial charge in [0.05, 0.1) is 19.1 Å². The van der Waals surface area contributed by atoms with Gasteiger partial charge in [-0.1, -0.05) is 30.3 Å². The Labute approximate surface area is 192 Å². The Bertz CT molecular complexity index is 1120. The molecule has 0 saturated carbocycles. The second-order valence-electron chi connectivity index (χ2n) is 8.98. The molecule has 0 spiro atoms. The Morgan fingerprint density at radius 2 is 1.85 bits per heavy atom. The monoisotopic (exact) mass is 478 g/mol. The molecule has 178 valence electrons. The number of hydrogen-bond acceptors (Lipinski definition) is 4. The van der Waals surface area contributed by atoms with Crippen molar-refractivity contribution in [2.75, 3.05) is 13.2 Å². The summed E-state index contributed by atoms with van der Waals surface area (Å²) in [6, 6.07) is 10.5. The third-order valence-electron chi connectivity index (χ3n) is 6.68. The van der Waals surface area contributed by atoms with Gasteiger partial charge in [-0.15, -0.1) is 0 Å². The van der Waals surface area contributed by atoms with E-state index in [0.717, 1.165) is 12.1 Å². The van der Waals surface area contributed by atoms with Gasteiger partial charge in [-0.3, -0.25) is 4.79 Å². The summed E-state index contributed by atoms with van der Waals surface area (Å²) in [5, 5.41) is -0.731. The van der Waals surface area contributed by atoms with Crippen LogP contribution in [0.1, 0.15) is 54.0 Å². The number of amides is 1. The Morgan fingerprint density at radius 1 is 1.15 bits per heavy atom. The lowest BCUT2D eigenvalue weighted by molar-refractivity contribution is -0.121. The number of halogens is 2. The van der Waals surface area contributed by atoms with Crippen molar-refractivity contribution in [1.82, 2.24) is 4.31 Å². The predicted molar refractivity (Wildman–Crippen MR) is 120 cm³/mol. The number of carbonyl (C=O) groups is 1. The third-order valence-corrected chi connectivity index (χ3v) is 9.05. The van der Waals surface area contributed by atoms with Crippen LogP contribution in [0.3, 0.4) is 0 Å². The van der Waals surface area contributed by atoms with E-state index >= 15 is 8.78 Å². The van der Waals surface area contributed by atoms with Crippen LogP contribution >= 0.6 is 0 Å². The summed E-state index contributed by atoms with van der Waals surface area (Å²) in [6.45, 7) is 2.40. The molecule has 0 radical (unpaired) electrons. The van der Waals surface area contributed by atoms with Crippen molar-refractivity contribution in [3.63, 3.8) is 0 Å². The van der Waals surface area contributed by atoms with E-state index in [0.29, 0.717) is 31.6 Å². The van der Waals surface area contributed by atoms with E-state index < -0.39 is 38.7 Å². The number of sulfonamides is 1. The number of benzene rings is 2. The smallest absolute Gasteiger partial charge is 0.225 e. The highest BCUT2D eigenvalue weighted by Gasteiger charge is 2.41. The van der Waals surface area contributed by atoms with Gasteiger partial charge in [0.1, 0.15) is 16.9 Å². The number of nitrogens with two attached hydrogens (primary N) is 1. The minimum atomic E-state index is -3.79. The summed E-state index contributed by atoms with van der Waals surface area (Å²) in [6.07, 6.45) is 1.35. The number of ether oxygens (including phenoxy) is 1. The van der Waals surface area contributed by atoms with E-state index in [1.165, 1.54) is 4.31 Å². The van der Waals surface area contributed by atoms with Gasteiger partial charge < -0.3 is 10.5 Å². The van der Waals surface area contributed by atoms with E-state index in [-0.39, 0.29) is 36.1 Å². The minimum absolute atomic E-state index is 0.0684. The van der Waals surface area contributed by atoms with Gasteiger partial charge in [0.2, 0.25) is 15.9 Å². The van der Waals surface area contributed by atoms with E-state index in [1.54, 1.807) is 31.2 Å². The fourth-order valence-corrected chi connectivity index (χ4v) is 6.85. The van der Waals surface area contributed by atoms with Crippen molar-refractivity contribution in [2.24, 2.45) is 11.7 Å². The van der Waals surface area contributed by atoms with Crippen molar-refractivity contribution in [2.45, 2.75) is 49.9 Å². The highest BCUT2D eigenvalue weighted by atomic mass is 32.2. The molecule has 0 aromatic heterocycles. The lowest BCUT2D eigenvalue weighted by Gasteiger charge is -2.37. The first-order chi connectivity index (χ1) is 15.7. The quantitative estimate of drug-likeness (QED) is 0.658. The Balaban J connectivity index is 1.61. The van der Waals surface area contributed by atoms with Crippen LogP contribution in [0.25, 0.3) is 0 Å². The van der Waals surface area contributed by atoms with Crippen molar-refractivity contribution in [3.8, 4) is 0 Å². The maximum absolute atomic E-state index is 15.1. The molecule has 2 aliphatic rings. The number of carbonyl (C=O) groups excluding carboxylic acids is 1. The first kappa shape index (κ1) is 23.8. The molecule has 0 aliphatic carbocycles. The molecule has 33 heavy (non-hydrogen) atoms. The Kier molecular flexibility index (Phi) is 6.83. The zero-order chi connectivity index (χ0) is 23.8. The van der Waals surface area contributed by atoms with E-state index in [1.807, 2.05) is 6.07 Å². The maximum Gasteiger partial charge on any atom is 0.225 e. The van der Waals surface area contributed by atoms with Gasteiger partial charge in [0.15, 0.2) is 0 Å². The molecule has 2 heterocycles. The SMILES string of the molecule is C[C@H]1CC[C@H](c2ccccc2)S(=O)(=O)N1Cc1cc(F)c([C@H](CC2COC2)C(N)=O)cc1F. The van der Waals surface area contributed by atoms with Crippen LogP contribution in [0.15, 0.2) is 42.5 Å². The molecule has 0 unspecified atom stereocenters. The number of primary amides is 1. The van der Waals surface area contributed by atoms with Crippen LogP contribution in [0.5, 0.6) is 0 Å². The average Bonchev–Trinajstić information content (AvgIpc) is 2.73. The largest absolute Gasteiger partial charge is 0.381 e. The summed E-state index contributed by atoms with van der Waals surface area (Å²) >= 11 is 0. The normalized spacial score (nSPS) is 24.2. The van der Waals surface area contributed by atoms with Gasteiger partial charge >= 0.3 is 0 Å². The van der Waals surface area contributed by atoms with Gasteiger partial charge in [0.25, 0.3) is 0 Å². The maximum atomic E-state index is 15.1. The van der Waals surface area contributed by atoms with Crippen molar-refractivity contribution >= 4 is 15.9 Å². The van der Waals surface area contributed by atoms with E-state index in [4.69, 9.17) is 10.5 Å². The molecule has 2 aliphatic heterocycles. The topological polar surface area (TPSA) is 89.7 Å². The number of hydrogen-bond donors (Lipinski definition) is 1. The molecular weight excluding hydrogens is 450 g/mol. The predicted octanol–water partition coefficient (Wildman–Crippen LogP) is 3.63. The molecule has 2 fully saturated rings. The van der Waals surface area contributed by atoms with E-state index in [2.05, 4.69) is 0 Å². The highest BCUT2D eigenvalue weighted by molar-refractivity contribution is 7.89. The van der Waals surface area contributed by atoms with Crippen molar-refractivity contribution in [3.05, 3.63) is 70.8 Å². The molecular formula is C24H28F2N2O4S. The van der Waals surface area contributed by atoms with Gasteiger partial charge in [-0.05, 0) is 43.9 Å². The summed E-state index contributed by atoms with van der Waals surface area (Å²) in [5.41, 5.74) is 5.97. The molecule has 2 aromatic carbocycles. The van der Waals surface area contributed by atoms with Crippen LogP contribution in [0.4, 0.5) is 8.78 Å². The zero-order valence-corrected chi connectivity index (χ0v) is 19.2. The summed E-state index contributed by atoms with van der Waals surface area (Å²) in [7, 11) is -3.79. The average molecular weight is 479 g/mol. The lowest BCUT2D eigenvalue weighted by Crippen LogP contribution is -2.44. The van der Waals surface area contributed by atoms with Crippen LogP contribution in [-0.4, -0.2) is 37.9 Å². The Hall–Kier alpha value is -2.36. The molecule has 2 saturated heterocycles. The zero-order valence-electron chi connectivity index (χ0n) is 18.4. The highest BCUT2D eigenvalue weighted by Crippen LogP contribution is 2.39. The minimum Gasteiger partial charge on any atom is -0.381 e. The molecule has 6 nitrogen and oxygen atoms in total. The first-order valence-corrected chi connectivity index (χ1v) is 12.6. The van der Waals surface area contributed by atoms with Crippen LogP contribution in [0.2, 0.25) is 0 Å². The molecule has 0 bridgehead atoms. The lowest BCUT2D eigenvalue weighted by atomic mass is 9.86. The first-order valence-electron chi connectivity index (χ1n) is 11.1. The van der Waals surface area contributed by atoms with Crippen molar-refractivity contribution in [1.29, 1.82) is 0 Å². The standard InChI is InChI=1S/C24H28F2N2O4S/c1-15-7-8-23(17-5-3-2-4-6-17)33(30,31)28(15)12-18-10-22(26)19(11-21(18)25)20(24(27)29)9-16-13-32-14-16/h2-6,10-11,15-16,20,23H,7-9,12-14H2,1H3,(H2,27,29)/t15-,20-,23+/m0/s1. The molecule has 2 N–H and O–H groups in total. The number of rotatable bonds is 7. The van der Waals surface area contributed by atoms with E-state index in [9.17, 15) is 13.2 Å². The van der Waals surface area contributed by atoms with Crippen LogP contribution in [-0.2, 0) is 26.1 Å². The second kappa shape index (κ2) is 9.48. The van der Waals surface area contributed by atoms with Gasteiger partial charge in [0, 0.05) is 29.6 Å². The van der Waals surface area contributed by atoms with Gasteiger partial charge in [-0.25, -0.2) is 17.2 Å². The summed E-state index contributed by atoms with van der Waals surface area (Å²) < 4.78 is 63.2. The fourth-order valence-electron chi connectivity index (χ4n) is 4.66. The third kappa shape index (κ3) is 4.81. The van der Waals surface area contributed by atoms with Crippen LogP contribution in [0, 0.1) is 17.6 Å². The second-order valence-corrected chi connectivity index (χ2v) is 11.0. The molecule has 3 atom stereocenters. The summed E-state index contributed by atoms with van der Waals surface area (Å²) in [5.74, 6) is -3.16. The Morgan fingerprint density at radius 3 is 2.45 bits per heavy atom.